The summed E-state index contributed by atoms with van der Waals surface area (Å²) in [5.41, 5.74) is 2.98. The molecule has 0 radical (unpaired) electrons. The van der Waals surface area contributed by atoms with Crippen LogP contribution in [0.1, 0.15) is 37.3 Å². The van der Waals surface area contributed by atoms with Crippen LogP contribution in [-0.4, -0.2) is 5.91 Å². The van der Waals surface area contributed by atoms with Crippen molar-refractivity contribution in [3.05, 3.63) is 70.8 Å². The third-order valence-electron chi connectivity index (χ3n) is 3.66. The molecule has 2 aromatic carbocycles. The van der Waals surface area contributed by atoms with E-state index < -0.39 is 0 Å². The van der Waals surface area contributed by atoms with Gasteiger partial charge in [-0.1, -0.05) is 55.8 Å². The molecule has 0 aliphatic heterocycles. The van der Waals surface area contributed by atoms with Gasteiger partial charge in [0.15, 0.2) is 0 Å². The standard InChI is InChI=1S/C19H20ClNO/c1-3-14(2)17-6-4-5-7-18(17)21-19(22)13-10-15-8-11-16(20)12-9-15/h4-14H,3H2,1-2H3,(H,21,22)/b13-10+/t14-/m0/s1. The predicted octanol–water partition coefficient (Wildman–Crippen LogP) is 5.51. The first-order valence-corrected chi connectivity index (χ1v) is 7.81. The molecule has 0 heterocycles. The maximum Gasteiger partial charge on any atom is 0.248 e. The second kappa shape index (κ2) is 7.81. The minimum absolute atomic E-state index is 0.134. The van der Waals surface area contributed by atoms with Gasteiger partial charge in [-0.05, 0) is 47.7 Å². The average molecular weight is 314 g/mol. The van der Waals surface area contributed by atoms with Crippen LogP contribution in [0.4, 0.5) is 5.69 Å². The molecule has 2 aromatic rings. The first-order chi connectivity index (χ1) is 10.6. The molecule has 0 bridgehead atoms. The summed E-state index contributed by atoms with van der Waals surface area (Å²) < 4.78 is 0. The van der Waals surface area contributed by atoms with E-state index in [0.29, 0.717) is 10.9 Å². The molecule has 0 saturated heterocycles. The van der Waals surface area contributed by atoms with Crippen LogP contribution in [0.2, 0.25) is 5.02 Å². The van der Waals surface area contributed by atoms with Crippen LogP contribution in [0.5, 0.6) is 0 Å². The van der Waals surface area contributed by atoms with Gasteiger partial charge in [-0.3, -0.25) is 4.79 Å². The summed E-state index contributed by atoms with van der Waals surface area (Å²) in [6.07, 6.45) is 4.35. The van der Waals surface area contributed by atoms with Gasteiger partial charge in [0, 0.05) is 16.8 Å². The summed E-state index contributed by atoms with van der Waals surface area (Å²) in [6, 6.07) is 15.3. The van der Waals surface area contributed by atoms with E-state index >= 15 is 0 Å². The number of para-hydroxylation sites is 1. The lowest BCUT2D eigenvalue weighted by Gasteiger charge is -2.14. The van der Waals surface area contributed by atoms with Gasteiger partial charge >= 0.3 is 0 Å². The Balaban J connectivity index is 2.08. The largest absolute Gasteiger partial charge is 0.322 e. The fraction of sp³-hybridized carbons (Fsp3) is 0.211. The van der Waals surface area contributed by atoms with Gasteiger partial charge < -0.3 is 5.32 Å². The van der Waals surface area contributed by atoms with Gasteiger partial charge in [0.05, 0.1) is 0 Å². The first kappa shape index (κ1) is 16.3. The normalized spacial score (nSPS) is 12.3. The van der Waals surface area contributed by atoms with Crippen molar-refractivity contribution in [2.24, 2.45) is 0 Å². The van der Waals surface area contributed by atoms with E-state index in [1.807, 2.05) is 30.3 Å². The first-order valence-electron chi connectivity index (χ1n) is 7.43. The lowest BCUT2D eigenvalue weighted by Crippen LogP contribution is -2.10. The van der Waals surface area contributed by atoms with Gasteiger partial charge in [-0.2, -0.15) is 0 Å². The average Bonchev–Trinajstić information content (AvgIpc) is 2.54. The molecular weight excluding hydrogens is 294 g/mol. The highest BCUT2D eigenvalue weighted by molar-refractivity contribution is 6.30. The highest BCUT2D eigenvalue weighted by atomic mass is 35.5. The molecule has 0 aliphatic carbocycles. The van der Waals surface area contributed by atoms with E-state index in [0.717, 1.165) is 17.7 Å². The number of carbonyl (C=O) groups is 1. The number of anilines is 1. The zero-order valence-electron chi connectivity index (χ0n) is 12.8. The number of nitrogens with one attached hydrogen (secondary N) is 1. The summed E-state index contributed by atoms with van der Waals surface area (Å²) in [5, 5.41) is 3.64. The molecule has 0 spiro atoms. The molecule has 3 heteroatoms. The van der Waals surface area contributed by atoms with E-state index in [-0.39, 0.29) is 5.91 Å². The van der Waals surface area contributed by atoms with Crippen molar-refractivity contribution in [3.63, 3.8) is 0 Å². The van der Waals surface area contributed by atoms with Crippen LogP contribution < -0.4 is 5.32 Å². The monoisotopic (exact) mass is 313 g/mol. The van der Waals surface area contributed by atoms with E-state index in [4.69, 9.17) is 11.6 Å². The Morgan fingerprint density at radius 3 is 2.55 bits per heavy atom. The molecule has 2 rings (SSSR count). The van der Waals surface area contributed by atoms with E-state index in [2.05, 4.69) is 25.2 Å². The minimum Gasteiger partial charge on any atom is -0.322 e. The van der Waals surface area contributed by atoms with Crippen molar-refractivity contribution in [2.75, 3.05) is 5.32 Å². The molecule has 0 aliphatic rings. The molecule has 0 fully saturated rings. The van der Waals surface area contributed by atoms with Crippen LogP contribution in [0, 0.1) is 0 Å². The highest BCUT2D eigenvalue weighted by Crippen LogP contribution is 2.26. The van der Waals surface area contributed by atoms with Crippen molar-refractivity contribution >= 4 is 29.3 Å². The van der Waals surface area contributed by atoms with Gasteiger partial charge in [0.2, 0.25) is 5.91 Å². The molecular formula is C19H20ClNO. The third kappa shape index (κ3) is 4.47. The van der Waals surface area contributed by atoms with E-state index in [1.54, 1.807) is 18.2 Å². The smallest absolute Gasteiger partial charge is 0.248 e. The molecule has 22 heavy (non-hydrogen) atoms. The number of benzene rings is 2. The van der Waals surface area contributed by atoms with E-state index in [9.17, 15) is 4.79 Å². The molecule has 1 atom stereocenters. The zero-order chi connectivity index (χ0) is 15.9. The molecule has 0 saturated carbocycles. The van der Waals surface area contributed by atoms with Crippen LogP contribution >= 0.6 is 11.6 Å². The van der Waals surface area contributed by atoms with Crippen LogP contribution in [0.15, 0.2) is 54.6 Å². The summed E-state index contributed by atoms with van der Waals surface area (Å²) in [5.74, 6) is 0.280. The van der Waals surface area contributed by atoms with Crippen molar-refractivity contribution in [3.8, 4) is 0 Å². The predicted molar refractivity (Wildman–Crippen MR) is 94.3 cm³/mol. The summed E-state index contributed by atoms with van der Waals surface area (Å²) in [4.78, 5) is 12.1. The van der Waals surface area contributed by atoms with Crippen LogP contribution in [0.25, 0.3) is 6.08 Å². The fourth-order valence-corrected chi connectivity index (χ4v) is 2.31. The van der Waals surface area contributed by atoms with Gasteiger partial charge in [-0.25, -0.2) is 0 Å². The van der Waals surface area contributed by atoms with Gasteiger partial charge in [-0.15, -0.1) is 0 Å². The Hall–Kier alpha value is -2.06. The number of hydrogen-bond donors (Lipinski definition) is 1. The highest BCUT2D eigenvalue weighted by Gasteiger charge is 2.09. The third-order valence-corrected chi connectivity index (χ3v) is 3.91. The Bertz CT molecular complexity index is 661. The Morgan fingerprint density at radius 2 is 1.86 bits per heavy atom. The SMILES string of the molecule is CC[C@H](C)c1ccccc1NC(=O)/C=C/c1ccc(Cl)cc1. The van der Waals surface area contributed by atoms with Crippen LogP contribution in [-0.2, 0) is 4.79 Å². The molecule has 2 nitrogen and oxygen atoms in total. The maximum atomic E-state index is 12.1. The van der Waals surface area contributed by atoms with E-state index in [1.165, 1.54) is 11.6 Å². The fourth-order valence-electron chi connectivity index (χ4n) is 2.18. The Morgan fingerprint density at radius 1 is 1.18 bits per heavy atom. The summed E-state index contributed by atoms with van der Waals surface area (Å²) in [7, 11) is 0. The van der Waals surface area contributed by atoms with Crippen molar-refractivity contribution in [1.82, 2.24) is 0 Å². The zero-order valence-corrected chi connectivity index (χ0v) is 13.6. The van der Waals surface area contributed by atoms with Gasteiger partial charge in [0.1, 0.15) is 0 Å². The van der Waals surface area contributed by atoms with Crippen molar-refractivity contribution in [2.45, 2.75) is 26.2 Å². The molecule has 1 amide bonds. The number of hydrogen-bond acceptors (Lipinski definition) is 1. The summed E-state index contributed by atoms with van der Waals surface area (Å²) in [6.45, 7) is 4.30. The summed E-state index contributed by atoms with van der Waals surface area (Å²) >= 11 is 5.84. The number of amides is 1. The van der Waals surface area contributed by atoms with Crippen molar-refractivity contribution in [1.29, 1.82) is 0 Å². The number of rotatable bonds is 5. The lowest BCUT2D eigenvalue weighted by molar-refractivity contribution is -0.111. The molecule has 1 N–H and O–H groups in total. The Kier molecular flexibility index (Phi) is 5.79. The van der Waals surface area contributed by atoms with Crippen molar-refractivity contribution < 1.29 is 4.79 Å². The molecule has 0 unspecified atom stereocenters. The molecule has 114 valence electrons. The Labute approximate surface area is 136 Å². The molecule has 0 aromatic heterocycles. The maximum absolute atomic E-state index is 12.1. The lowest BCUT2D eigenvalue weighted by atomic mass is 9.97. The van der Waals surface area contributed by atoms with Gasteiger partial charge in [0.25, 0.3) is 0 Å². The second-order valence-electron chi connectivity index (χ2n) is 5.27. The van der Waals surface area contributed by atoms with Crippen LogP contribution in [0.3, 0.4) is 0 Å². The second-order valence-corrected chi connectivity index (χ2v) is 5.71. The minimum atomic E-state index is -0.134. The quantitative estimate of drug-likeness (QED) is 0.725. The number of carbonyl (C=O) groups excluding carboxylic acids is 1. The topological polar surface area (TPSA) is 29.1 Å². The number of halogens is 1.